The lowest BCUT2D eigenvalue weighted by Crippen LogP contribution is -2.53. The second-order valence-electron chi connectivity index (χ2n) is 4.24. The summed E-state index contributed by atoms with van der Waals surface area (Å²) in [6.07, 6.45) is 2.21. The van der Waals surface area contributed by atoms with Crippen LogP contribution >= 0.6 is 0 Å². The Labute approximate surface area is 89.2 Å². The lowest BCUT2D eigenvalue weighted by atomic mass is 9.97. The van der Waals surface area contributed by atoms with E-state index in [-0.39, 0.29) is 24.9 Å². The minimum Gasteiger partial charge on any atom is -0.345 e. The highest BCUT2D eigenvalue weighted by molar-refractivity contribution is 5.92. The summed E-state index contributed by atoms with van der Waals surface area (Å²) in [6.45, 7) is 3.21. The molecule has 0 unspecified atom stereocenters. The first-order valence-corrected chi connectivity index (χ1v) is 5.51. The molecule has 0 atom stereocenters. The Morgan fingerprint density at radius 2 is 2.00 bits per heavy atom. The molecule has 5 nitrogen and oxygen atoms in total. The van der Waals surface area contributed by atoms with Gasteiger partial charge in [0.25, 0.3) is 0 Å². The monoisotopic (exact) mass is 211 g/mol. The summed E-state index contributed by atoms with van der Waals surface area (Å²) < 4.78 is 0. The quantitative estimate of drug-likeness (QED) is 0.612. The molecule has 84 valence electrons. The van der Waals surface area contributed by atoms with Crippen molar-refractivity contribution < 1.29 is 9.59 Å². The number of carbonyl (C=O) groups excluding carboxylic acids is 2. The number of hydrogen-bond acceptors (Lipinski definition) is 3. The van der Waals surface area contributed by atoms with Gasteiger partial charge < -0.3 is 15.5 Å². The Hall–Kier alpha value is -1.10. The van der Waals surface area contributed by atoms with Crippen LogP contribution in [0.4, 0.5) is 0 Å². The Balaban J connectivity index is 1.85. The van der Waals surface area contributed by atoms with Crippen LogP contribution in [-0.2, 0) is 9.59 Å². The maximum atomic E-state index is 11.5. The summed E-state index contributed by atoms with van der Waals surface area (Å²) in [6, 6.07) is 0. The van der Waals surface area contributed by atoms with Crippen molar-refractivity contribution in [2.24, 2.45) is 5.92 Å². The summed E-state index contributed by atoms with van der Waals surface area (Å²) in [4.78, 5) is 24.3. The molecule has 2 aliphatic heterocycles. The number of piperazine rings is 1. The van der Waals surface area contributed by atoms with Crippen molar-refractivity contribution in [2.45, 2.75) is 12.8 Å². The van der Waals surface area contributed by atoms with E-state index in [0.29, 0.717) is 5.92 Å². The first-order chi connectivity index (χ1) is 7.25. The van der Waals surface area contributed by atoms with Crippen molar-refractivity contribution in [2.75, 3.05) is 32.7 Å². The van der Waals surface area contributed by atoms with Crippen LogP contribution in [0.25, 0.3) is 0 Å². The maximum absolute atomic E-state index is 11.5. The van der Waals surface area contributed by atoms with Crippen molar-refractivity contribution >= 4 is 11.8 Å². The second kappa shape index (κ2) is 4.61. The Bertz CT molecular complexity index is 261. The fraction of sp³-hybridized carbons (Fsp3) is 0.800. The van der Waals surface area contributed by atoms with Gasteiger partial charge in [-0.1, -0.05) is 0 Å². The van der Waals surface area contributed by atoms with Gasteiger partial charge in [-0.25, -0.2) is 0 Å². The van der Waals surface area contributed by atoms with E-state index in [1.807, 2.05) is 0 Å². The molecule has 5 heteroatoms. The largest absolute Gasteiger partial charge is 0.345 e. The third-order valence-corrected chi connectivity index (χ3v) is 3.06. The summed E-state index contributed by atoms with van der Waals surface area (Å²) in [5.41, 5.74) is 0. The SMILES string of the molecule is O=C1CN(CC2CCNCC2)C(=O)CN1. The molecule has 0 aliphatic carbocycles. The summed E-state index contributed by atoms with van der Waals surface area (Å²) >= 11 is 0. The van der Waals surface area contributed by atoms with Crippen LogP contribution in [0.5, 0.6) is 0 Å². The van der Waals surface area contributed by atoms with Crippen LogP contribution in [0, 0.1) is 5.92 Å². The Morgan fingerprint density at radius 1 is 1.27 bits per heavy atom. The van der Waals surface area contributed by atoms with Crippen molar-refractivity contribution in [3.05, 3.63) is 0 Å². The molecule has 2 N–H and O–H groups in total. The van der Waals surface area contributed by atoms with Crippen LogP contribution in [0.15, 0.2) is 0 Å². The standard InChI is InChI=1S/C10H17N3O2/c14-9-7-13(10(15)5-12-9)6-8-1-3-11-4-2-8/h8,11H,1-7H2,(H,12,14). The number of amides is 2. The average molecular weight is 211 g/mol. The van der Waals surface area contributed by atoms with Crippen LogP contribution in [-0.4, -0.2) is 49.4 Å². The zero-order chi connectivity index (χ0) is 10.7. The van der Waals surface area contributed by atoms with Gasteiger partial charge in [-0.15, -0.1) is 0 Å². The molecule has 0 aromatic rings. The highest BCUT2D eigenvalue weighted by Crippen LogP contribution is 2.14. The number of nitrogens with one attached hydrogen (secondary N) is 2. The van der Waals surface area contributed by atoms with Gasteiger partial charge in [0.1, 0.15) is 0 Å². The summed E-state index contributed by atoms with van der Waals surface area (Å²) in [5.74, 6) is 0.567. The van der Waals surface area contributed by atoms with Gasteiger partial charge in [-0.2, -0.15) is 0 Å². The molecule has 2 heterocycles. The molecule has 0 aromatic carbocycles. The topological polar surface area (TPSA) is 61.4 Å². The highest BCUT2D eigenvalue weighted by atomic mass is 16.2. The Morgan fingerprint density at radius 3 is 2.73 bits per heavy atom. The van der Waals surface area contributed by atoms with Crippen LogP contribution in [0.2, 0.25) is 0 Å². The number of nitrogens with zero attached hydrogens (tertiary/aromatic N) is 1. The minimum absolute atomic E-state index is 0.0384. The van der Waals surface area contributed by atoms with Gasteiger partial charge in [0, 0.05) is 6.54 Å². The van der Waals surface area contributed by atoms with E-state index in [1.54, 1.807) is 4.90 Å². The molecule has 0 aromatic heterocycles. The van der Waals surface area contributed by atoms with Crippen LogP contribution < -0.4 is 10.6 Å². The highest BCUT2D eigenvalue weighted by Gasteiger charge is 2.25. The van der Waals surface area contributed by atoms with E-state index < -0.39 is 0 Å². The van der Waals surface area contributed by atoms with E-state index in [9.17, 15) is 9.59 Å². The molecule has 2 fully saturated rings. The molecule has 2 saturated heterocycles. The van der Waals surface area contributed by atoms with E-state index >= 15 is 0 Å². The molecule has 2 rings (SSSR count). The normalized spacial score (nSPS) is 24.1. The van der Waals surface area contributed by atoms with E-state index in [0.717, 1.165) is 32.5 Å². The smallest absolute Gasteiger partial charge is 0.242 e. The second-order valence-corrected chi connectivity index (χ2v) is 4.24. The molecule has 0 radical (unpaired) electrons. The van der Waals surface area contributed by atoms with Gasteiger partial charge in [-0.05, 0) is 31.8 Å². The molecule has 2 aliphatic rings. The maximum Gasteiger partial charge on any atom is 0.242 e. The average Bonchev–Trinajstić information content (AvgIpc) is 2.25. The zero-order valence-electron chi connectivity index (χ0n) is 8.79. The zero-order valence-corrected chi connectivity index (χ0v) is 8.79. The van der Waals surface area contributed by atoms with Crippen molar-refractivity contribution in [1.29, 1.82) is 0 Å². The van der Waals surface area contributed by atoms with Gasteiger partial charge >= 0.3 is 0 Å². The molecular weight excluding hydrogens is 194 g/mol. The van der Waals surface area contributed by atoms with Crippen molar-refractivity contribution in [3.63, 3.8) is 0 Å². The van der Waals surface area contributed by atoms with Crippen LogP contribution in [0.3, 0.4) is 0 Å². The molecule has 0 spiro atoms. The minimum atomic E-state index is -0.0384. The fourth-order valence-electron chi connectivity index (χ4n) is 2.15. The first-order valence-electron chi connectivity index (χ1n) is 5.51. The number of piperidine rings is 1. The van der Waals surface area contributed by atoms with Gasteiger partial charge in [0.2, 0.25) is 11.8 Å². The van der Waals surface area contributed by atoms with Crippen LogP contribution in [0.1, 0.15) is 12.8 Å². The predicted molar refractivity (Wildman–Crippen MR) is 55.2 cm³/mol. The lowest BCUT2D eigenvalue weighted by Gasteiger charge is -2.32. The van der Waals surface area contributed by atoms with E-state index in [1.165, 1.54) is 0 Å². The predicted octanol–water partition coefficient (Wildman–Crippen LogP) is -1.06. The third-order valence-electron chi connectivity index (χ3n) is 3.06. The number of hydrogen-bond donors (Lipinski definition) is 2. The molecular formula is C10H17N3O2. The molecule has 0 saturated carbocycles. The van der Waals surface area contributed by atoms with Gasteiger partial charge in [0.15, 0.2) is 0 Å². The van der Waals surface area contributed by atoms with E-state index in [4.69, 9.17) is 0 Å². The van der Waals surface area contributed by atoms with Gasteiger partial charge in [-0.3, -0.25) is 9.59 Å². The molecule has 0 bridgehead atoms. The third kappa shape index (κ3) is 2.68. The number of carbonyl (C=O) groups is 2. The Kier molecular flexibility index (Phi) is 3.20. The fourth-order valence-corrected chi connectivity index (χ4v) is 2.15. The lowest BCUT2D eigenvalue weighted by molar-refractivity contribution is -0.141. The summed E-state index contributed by atoms with van der Waals surface area (Å²) in [5, 5.41) is 5.85. The van der Waals surface area contributed by atoms with E-state index in [2.05, 4.69) is 10.6 Å². The first kappa shape index (κ1) is 10.4. The van der Waals surface area contributed by atoms with Crippen molar-refractivity contribution in [1.82, 2.24) is 15.5 Å². The molecule has 2 amide bonds. The molecule has 15 heavy (non-hydrogen) atoms. The number of rotatable bonds is 2. The van der Waals surface area contributed by atoms with Crippen molar-refractivity contribution in [3.8, 4) is 0 Å². The summed E-state index contributed by atoms with van der Waals surface area (Å²) in [7, 11) is 0. The van der Waals surface area contributed by atoms with Gasteiger partial charge in [0.05, 0.1) is 13.1 Å².